The molecule has 0 aliphatic rings. The summed E-state index contributed by atoms with van der Waals surface area (Å²) in [5.74, 6) is -0.396. The van der Waals surface area contributed by atoms with Crippen LogP contribution < -0.4 is 4.74 Å². The molecule has 134 valence electrons. The number of benzene rings is 1. The van der Waals surface area contributed by atoms with E-state index in [0.29, 0.717) is 22.4 Å². The topological polar surface area (TPSA) is 86.7 Å². The monoisotopic (exact) mass is 420 g/mol. The summed E-state index contributed by atoms with van der Waals surface area (Å²) in [5, 5.41) is -1.10. The van der Waals surface area contributed by atoms with Crippen LogP contribution in [0.25, 0.3) is 0 Å². The van der Waals surface area contributed by atoms with Gasteiger partial charge in [0.05, 0.1) is 29.4 Å². The van der Waals surface area contributed by atoms with E-state index in [-0.39, 0.29) is 25.2 Å². The molecule has 1 aromatic rings. The summed E-state index contributed by atoms with van der Waals surface area (Å²) >= 11 is 3.31. The van der Waals surface area contributed by atoms with E-state index in [1.807, 2.05) is 6.92 Å². The molecule has 0 aliphatic heterocycles. The number of Topliss-reactive ketones (excluding diaryl/α,β-unsaturated/α-hetero) is 1. The Bertz CT molecular complexity index is 699. The maximum Gasteiger partial charge on any atom is 0.307 e. The fourth-order valence-corrected chi connectivity index (χ4v) is 3.44. The van der Waals surface area contributed by atoms with Crippen LogP contribution in [-0.2, 0) is 19.4 Å². The van der Waals surface area contributed by atoms with Crippen LogP contribution in [0.5, 0.6) is 5.75 Å². The second kappa shape index (κ2) is 9.17. The zero-order valence-electron chi connectivity index (χ0n) is 13.9. The van der Waals surface area contributed by atoms with Crippen LogP contribution in [0.2, 0.25) is 0 Å². The van der Waals surface area contributed by atoms with Crippen molar-refractivity contribution in [1.82, 2.24) is 0 Å². The van der Waals surface area contributed by atoms with Gasteiger partial charge >= 0.3 is 5.97 Å². The van der Waals surface area contributed by atoms with Gasteiger partial charge in [0.15, 0.2) is 15.6 Å². The third-order valence-corrected chi connectivity index (χ3v) is 5.44. The molecule has 0 saturated heterocycles. The molecule has 0 aromatic heterocycles. The van der Waals surface area contributed by atoms with E-state index in [2.05, 4.69) is 15.9 Å². The summed E-state index contributed by atoms with van der Waals surface area (Å²) in [7, 11) is -3.57. The Morgan fingerprint density at radius 3 is 2.33 bits per heavy atom. The first-order valence-electron chi connectivity index (χ1n) is 7.49. The number of halogens is 1. The number of ether oxygens (including phenoxy) is 2. The molecule has 8 heteroatoms. The highest BCUT2D eigenvalue weighted by Gasteiger charge is 2.28. The van der Waals surface area contributed by atoms with Crippen molar-refractivity contribution < 1.29 is 27.5 Å². The predicted molar refractivity (Wildman–Crippen MR) is 94.1 cm³/mol. The Balaban J connectivity index is 2.92. The number of ketones is 1. The number of esters is 1. The molecule has 0 saturated carbocycles. The number of rotatable bonds is 9. The molecule has 1 aromatic carbocycles. The second-order valence-electron chi connectivity index (χ2n) is 5.17. The number of sulfone groups is 1. The van der Waals surface area contributed by atoms with Crippen molar-refractivity contribution in [3.63, 3.8) is 0 Å². The number of hydrogen-bond acceptors (Lipinski definition) is 6. The third-order valence-electron chi connectivity index (χ3n) is 3.27. The van der Waals surface area contributed by atoms with E-state index in [0.717, 1.165) is 6.26 Å². The predicted octanol–water partition coefficient (Wildman–Crippen LogP) is 2.79. The van der Waals surface area contributed by atoms with Gasteiger partial charge in [-0.1, -0.05) is 0 Å². The Kier molecular flexibility index (Phi) is 7.89. The molecule has 0 aliphatic carbocycles. The molecule has 6 nitrogen and oxygen atoms in total. The maximum absolute atomic E-state index is 12.4. The first kappa shape index (κ1) is 20.6. The van der Waals surface area contributed by atoms with E-state index in [9.17, 15) is 18.0 Å². The maximum atomic E-state index is 12.4. The fraction of sp³-hybridized carbons (Fsp3) is 0.500. The molecule has 0 spiro atoms. The highest BCUT2D eigenvalue weighted by atomic mass is 79.9. The van der Waals surface area contributed by atoms with E-state index in [4.69, 9.17) is 9.47 Å². The lowest BCUT2D eigenvalue weighted by Crippen LogP contribution is -2.27. The molecular weight excluding hydrogens is 400 g/mol. The van der Waals surface area contributed by atoms with Crippen molar-refractivity contribution in [2.75, 3.05) is 19.5 Å². The smallest absolute Gasteiger partial charge is 0.307 e. The molecule has 0 heterocycles. The van der Waals surface area contributed by atoms with Crippen molar-refractivity contribution in [2.24, 2.45) is 0 Å². The van der Waals surface area contributed by atoms with E-state index in [1.54, 1.807) is 25.1 Å². The zero-order valence-corrected chi connectivity index (χ0v) is 16.3. The summed E-state index contributed by atoms with van der Waals surface area (Å²) in [6, 6.07) is 4.79. The van der Waals surface area contributed by atoms with Gasteiger partial charge in [0.25, 0.3) is 0 Å². The van der Waals surface area contributed by atoms with Crippen LogP contribution >= 0.6 is 15.9 Å². The van der Waals surface area contributed by atoms with E-state index >= 15 is 0 Å². The Labute approximate surface area is 150 Å². The van der Waals surface area contributed by atoms with Crippen LogP contribution in [0.1, 0.15) is 37.0 Å². The van der Waals surface area contributed by atoms with Gasteiger partial charge in [-0.2, -0.15) is 0 Å². The van der Waals surface area contributed by atoms with Gasteiger partial charge in [-0.25, -0.2) is 8.42 Å². The van der Waals surface area contributed by atoms with Gasteiger partial charge in [0, 0.05) is 18.2 Å². The minimum atomic E-state index is -3.57. The van der Waals surface area contributed by atoms with E-state index in [1.165, 1.54) is 0 Å². The van der Waals surface area contributed by atoms with Gasteiger partial charge in [0.2, 0.25) is 0 Å². The summed E-state index contributed by atoms with van der Waals surface area (Å²) in [4.78, 5) is 24.0. The Hall–Kier alpha value is -1.41. The summed E-state index contributed by atoms with van der Waals surface area (Å²) < 4.78 is 34.5. The lowest BCUT2D eigenvalue weighted by atomic mass is 10.0. The van der Waals surface area contributed by atoms with Crippen LogP contribution in [0.4, 0.5) is 0 Å². The minimum Gasteiger partial charge on any atom is -0.493 e. The van der Waals surface area contributed by atoms with Gasteiger partial charge in [-0.3, -0.25) is 9.59 Å². The summed E-state index contributed by atoms with van der Waals surface area (Å²) in [5.41, 5.74) is 0.350. The van der Waals surface area contributed by atoms with Gasteiger partial charge < -0.3 is 9.47 Å². The molecule has 24 heavy (non-hydrogen) atoms. The summed E-state index contributed by atoms with van der Waals surface area (Å²) in [6.07, 6.45) is 0.396. The molecule has 0 radical (unpaired) electrons. The minimum absolute atomic E-state index is 0.162. The first-order chi connectivity index (χ1) is 11.2. The number of carbonyl (C=O) groups excluding carboxylic acids is 2. The van der Waals surface area contributed by atoms with Gasteiger partial charge in [-0.15, -0.1) is 0 Å². The second-order valence-corrected chi connectivity index (χ2v) is 8.35. The molecule has 0 amide bonds. The molecule has 0 bridgehead atoms. The van der Waals surface area contributed by atoms with Gasteiger partial charge in [0.1, 0.15) is 5.75 Å². The van der Waals surface area contributed by atoms with Crippen molar-refractivity contribution in [2.45, 2.75) is 31.9 Å². The van der Waals surface area contributed by atoms with Gasteiger partial charge in [-0.05, 0) is 48.0 Å². The fourth-order valence-electron chi connectivity index (χ4n) is 2.05. The quantitative estimate of drug-likeness (QED) is 0.450. The normalized spacial score (nSPS) is 12.5. The largest absolute Gasteiger partial charge is 0.493 e. The van der Waals surface area contributed by atoms with Crippen LogP contribution in [0.15, 0.2) is 22.7 Å². The average Bonchev–Trinajstić information content (AvgIpc) is 2.48. The van der Waals surface area contributed by atoms with Crippen LogP contribution in [0.3, 0.4) is 0 Å². The zero-order chi connectivity index (χ0) is 18.3. The highest BCUT2D eigenvalue weighted by Crippen LogP contribution is 2.27. The molecule has 1 rings (SSSR count). The molecule has 1 unspecified atom stereocenters. The number of carbonyl (C=O) groups is 2. The van der Waals surface area contributed by atoms with E-state index < -0.39 is 21.1 Å². The van der Waals surface area contributed by atoms with Crippen molar-refractivity contribution in [3.8, 4) is 5.75 Å². The van der Waals surface area contributed by atoms with Crippen molar-refractivity contribution >= 4 is 37.5 Å². The van der Waals surface area contributed by atoms with Crippen molar-refractivity contribution in [3.05, 3.63) is 28.2 Å². The van der Waals surface area contributed by atoms with Crippen LogP contribution in [0, 0.1) is 0 Å². The average molecular weight is 421 g/mol. The Morgan fingerprint density at radius 1 is 1.17 bits per heavy atom. The Morgan fingerprint density at radius 2 is 1.83 bits per heavy atom. The molecular formula is C16H21BrO6S. The molecule has 1 atom stereocenters. The summed E-state index contributed by atoms with van der Waals surface area (Å²) in [6.45, 7) is 4.13. The number of hydrogen-bond donors (Lipinski definition) is 0. The van der Waals surface area contributed by atoms with Crippen LogP contribution in [-0.4, -0.2) is 44.9 Å². The lowest BCUT2D eigenvalue weighted by Gasteiger charge is -2.14. The first-order valence-corrected chi connectivity index (χ1v) is 10.2. The lowest BCUT2D eigenvalue weighted by molar-refractivity contribution is -0.143. The molecule has 0 N–H and O–H groups in total. The van der Waals surface area contributed by atoms with Crippen molar-refractivity contribution in [1.29, 1.82) is 0 Å². The third kappa shape index (κ3) is 6.24. The highest BCUT2D eigenvalue weighted by molar-refractivity contribution is 9.10. The molecule has 0 fully saturated rings. The SMILES string of the molecule is CCOC(=O)CC(CC(=O)c1ccc(OCC)c(Br)c1)S(C)(=O)=O. The standard InChI is InChI=1S/C16H21BrO6S/c1-4-22-15-7-6-11(8-13(15)17)14(18)9-12(24(3,20)21)10-16(19)23-5-2/h6-8,12H,4-5,9-10H2,1-3H3.